The molecular weight excluding hydrogens is 297 g/mol. The zero-order valence-electron chi connectivity index (χ0n) is 7.25. The highest BCUT2D eigenvalue weighted by Crippen LogP contribution is 2.32. The molecule has 0 aliphatic carbocycles. The van der Waals surface area contributed by atoms with Gasteiger partial charge in [0.2, 0.25) is 0 Å². The van der Waals surface area contributed by atoms with Crippen molar-refractivity contribution in [1.82, 2.24) is 0 Å². The molecule has 0 amide bonds. The van der Waals surface area contributed by atoms with Gasteiger partial charge in [0.05, 0.1) is 4.90 Å². The lowest BCUT2D eigenvalue weighted by Crippen LogP contribution is -2.24. The van der Waals surface area contributed by atoms with E-state index < -0.39 is 20.2 Å². The van der Waals surface area contributed by atoms with Crippen LogP contribution >= 0.6 is 15.9 Å². The van der Waals surface area contributed by atoms with E-state index >= 15 is 0 Å². The van der Waals surface area contributed by atoms with E-state index in [1.165, 1.54) is 18.2 Å². The molecule has 1 aromatic carbocycles. The number of rotatable bonds is 2. The van der Waals surface area contributed by atoms with Crippen molar-refractivity contribution in [2.75, 3.05) is 0 Å². The van der Waals surface area contributed by atoms with Crippen LogP contribution in [0.1, 0.15) is 5.56 Å². The molecule has 7 heteroatoms. The van der Waals surface area contributed by atoms with Crippen LogP contribution in [0.15, 0.2) is 29.2 Å². The largest absolute Gasteiger partial charge is 0.501 e. The van der Waals surface area contributed by atoms with E-state index in [1.54, 1.807) is 0 Å². The number of hydrogen-bond donors (Lipinski definition) is 0. The van der Waals surface area contributed by atoms with Gasteiger partial charge in [0.15, 0.2) is 0 Å². The molecule has 0 unspecified atom stereocenters. The van der Waals surface area contributed by atoms with Crippen molar-refractivity contribution < 1.29 is 21.6 Å². The molecule has 0 N–H and O–H groups in total. The van der Waals surface area contributed by atoms with E-state index in [-0.39, 0.29) is 10.9 Å². The van der Waals surface area contributed by atoms with Gasteiger partial charge in [0, 0.05) is 5.33 Å². The van der Waals surface area contributed by atoms with Crippen molar-refractivity contribution in [2.24, 2.45) is 0 Å². The SMILES string of the molecule is O=S(=O)(c1ccccc1CBr)C(F)(F)F. The van der Waals surface area contributed by atoms with E-state index in [0.29, 0.717) is 0 Å². The van der Waals surface area contributed by atoms with Crippen LogP contribution in [-0.4, -0.2) is 13.9 Å². The summed E-state index contributed by atoms with van der Waals surface area (Å²) < 4.78 is 58.9. The lowest BCUT2D eigenvalue weighted by atomic mass is 10.2. The Hall–Kier alpha value is -0.560. The summed E-state index contributed by atoms with van der Waals surface area (Å²) in [6, 6.07) is 5.00. The fourth-order valence-corrected chi connectivity index (χ4v) is 2.67. The summed E-state index contributed by atoms with van der Waals surface area (Å²) in [6.45, 7) is 0. The Labute approximate surface area is 93.2 Å². The molecule has 0 saturated carbocycles. The fourth-order valence-electron chi connectivity index (χ4n) is 1.00. The van der Waals surface area contributed by atoms with Gasteiger partial charge in [-0.05, 0) is 11.6 Å². The predicted molar refractivity (Wildman–Crippen MR) is 52.3 cm³/mol. The molecule has 0 spiro atoms. The van der Waals surface area contributed by atoms with Gasteiger partial charge in [-0.2, -0.15) is 13.2 Å². The van der Waals surface area contributed by atoms with Crippen molar-refractivity contribution in [2.45, 2.75) is 15.7 Å². The zero-order valence-corrected chi connectivity index (χ0v) is 9.66. The van der Waals surface area contributed by atoms with Crippen LogP contribution in [-0.2, 0) is 15.2 Å². The van der Waals surface area contributed by atoms with E-state index in [2.05, 4.69) is 15.9 Å². The summed E-state index contributed by atoms with van der Waals surface area (Å²) >= 11 is 2.94. The van der Waals surface area contributed by atoms with E-state index in [9.17, 15) is 21.6 Å². The smallest absolute Gasteiger partial charge is 0.214 e. The van der Waals surface area contributed by atoms with Crippen LogP contribution in [0.5, 0.6) is 0 Å². The maximum absolute atomic E-state index is 12.2. The van der Waals surface area contributed by atoms with E-state index in [1.807, 2.05) is 0 Å². The Balaban J connectivity index is 3.41. The van der Waals surface area contributed by atoms with Crippen molar-refractivity contribution in [3.05, 3.63) is 29.8 Å². The van der Waals surface area contributed by atoms with Crippen LogP contribution in [0.3, 0.4) is 0 Å². The highest BCUT2D eigenvalue weighted by Gasteiger charge is 2.47. The molecule has 84 valence electrons. The maximum Gasteiger partial charge on any atom is 0.501 e. The van der Waals surface area contributed by atoms with Crippen LogP contribution < -0.4 is 0 Å². The highest BCUT2D eigenvalue weighted by molar-refractivity contribution is 9.08. The summed E-state index contributed by atoms with van der Waals surface area (Å²) in [6.07, 6.45) is 0. The number of sulfone groups is 1. The molecule has 1 aromatic rings. The molecule has 0 radical (unpaired) electrons. The first-order valence-corrected chi connectivity index (χ1v) is 6.36. The quantitative estimate of drug-likeness (QED) is 0.787. The Morgan fingerprint density at radius 2 is 1.73 bits per heavy atom. The van der Waals surface area contributed by atoms with Gasteiger partial charge >= 0.3 is 5.51 Å². The highest BCUT2D eigenvalue weighted by atomic mass is 79.9. The first kappa shape index (κ1) is 12.5. The third-order valence-corrected chi connectivity index (χ3v) is 3.90. The number of hydrogen-bond acceptors (Lipinski definition) is 2. The van der Waals surface area contributed by atoms with Crippen molar-refractivity contribution in [3.63, 3.8) is 0 Å². The van der Waals surface area contributed by atoms with Crippen LogP contribution in [0.2, 0.25) is 0 Å². The van der Waals surface area contributed by atoms with Gasteiger partial charge in [-0.1, -0.05) is 34.1 Å². The molecule has 15 heavy (non-hydrogen) atoms. The minimum Gasteiger partial charge on any atom is -0.214 e. The third-order valence-electron chi connectivity index (χ3n) is 1.71. The van der Waals surface area contributed by atoms with Crippen LogP contribution in [0.25, 0.3) is 0 Å². The van der Waals surface area contributed by atoms with Crippen LogP contribution in [0.4, 0.5) is 13.2 Å². The molecule has 0 aliphatic heterocycles. The molecule has 0 aliphatic rings. The lowest BCUT2D eigenvalue weighted by Gasteiger charge is -2.10. The minimum absolute atomic E-state index is 0.0541. The van der Waals surface area contributed by atoms with Crippen LogP contribution in [0, 0.1) is 0 Å². The lowest BCUT2D eigenvalue weighted by molar-refractivity contribution is -0.0436. The third kappa shape index (κ3) is 2.34. The van der Waals surface area contributed by atoms with Crippen molar-refractivity contribution >= 4 is 25.8 Å². The normalized spacial score (nSPS) is 12.8. The molecule has 0 atom stereocenters. The Morgan fingerprint density at radius 3 is 2.20 bits per heavy atom. The topological polar surface area (TPSA) is 34.1 Å². The summed E-state index contributed by atoms with van der Waals surface area (Å²) in [5.74, 6) is 0. The minimum atomic E-state index is -5.26. The average molecular weight is 303 g/mol. The molecule has 2 nitrogen and oxygen atoms in total. The monoisotopic (exact) mass is 302 g/mol. The van der Waals surface area contributed by atoms with E-state index in [0.717, 1.165) is 6.07 Å². The van der Waals surface area contributed by atoms with Gasteiger partial charge in [-0.3, -0.25) is 0 Å². The van der Waals surface area contributed by atoms with Gasteiger partial charge in [0.25, 0.3) is 9.84 Å². The first-order valence-electron chi connectivity index (χ1n) is 3.76. The number of benzene rings is 1. The molecule has 0 saturated heterocycles. The van der Waals surface area contributed by atoms with Gasteiger partial charge < -0.3 is 0 Å². The molecular formula is C8H6BrF3O2S. The standard InChI is InChI=1S/C8H6BrF3O2S/c9-5-6-3-1-2-4-7(6)15(13,14)8(10,11)12/h1-4H,5H2. The molecule has 0 aromatic heterocycles. The first-order chi connectivity index (χ1) is 6.80. The summed E-state index contributed by atoms with van der Waals surface area (Å²) in [5, 5.41) is 0.0541. The molecule has 0 fully saturated rings. The number of halogens is 4. The summed E-state index contributed by atoms with van der Waals surface area (Å²) in [4.78, 5) is -0.700. The van der Waals surface area contributed by atoms with Crippen molar-refractivity contribution in [3.8, 4) is 0 Å². The zero-order chi connectivity index (χ0) is 11.7. The predicted octanol–water partition coefficient (Wildman–Crippen LogP) is 2.88. The molecule has 0 heterocycles. The van der Waals surface area contributed by atoms with Crippen molar-refractivity contribution in [1.29, 1.82) is 0 Å². The Kier molecular flexibility index (Phi) is 3.44. The Morgan fingerprint density at radius 1 is 1.20 bits per heavy atom. The second kappa shape index (κ2) is 4.13. The average Bonchev–Trinajstić information content (AvgIpc) is 2.16. The second-order valence-corrected chi connectivity index (χ2v) is 5.16. The Bertz CT molecular complexity index is 453. The second-order valence-electron chi connectivity index (χ2n) is 2.69. The maximum atomic E-state index is 12.2. The van der Waals surface area contributed by atoms with Gasteiger partial charge in [-0.25, -0.2) is 8.42 Å². The summed E-state index contributed by atoms with van der Waals surface area (Å²) in [5.41, 5.74) is -5.17. The molecule has 0 bridgehead atoms. The van der Waals surface area contributed by atoms with Gasteiger partial charge in [0.1, 0.15) is 0 Å². The summed E-state index contributed by atoms with van der Waals surface area (Å²) in [7, 11) is -5.25. The van der Waals surface area contributed by atoms with E-state index in [4.69, 9.17) is 0 Å². The molecule has 1 rings (SSSR count). The number of alkyl halides is 4. The fraction of sp³-hybridized carbons (Fsp3) is 0.250. The van der Waals surface area contributed by atoms with Gasteiger partial charge in [-0.15, -0.1) is 0 Å².